The molecular formula is C14H19F3N2O. The van der Waals surface area contributed by atoms with Crippen LogP contribution >= 0.6 is 0 Å². The van der Waals surface area contributed by atoms with E-state index in [9.17, 15) is 13.2 Å². The molecule has 0 aromatic carbocycles. The van der Waals surface area contributed by atoms with Crippen molar-refractivity contribution in [2.24, 2.45) is 0 Å². The quantitative estimate of drug-likeness (QED) is 0.821. The number of nitrogens with zero attached hydrogens (tertiary/aromatic N) is 2. The van der Waals surface area contributed by atoms with Gasteiger partial charge in [-0.05, 0) is 13.8 Å². The highest BCUT2D eigenvalue weighted by atomic mass is 19.4. The lowest BCUT2D eigenvalue weighted by atomic mass is 10.0. The van der Waals surface area contributed by atoms with Gasteiger partial charge in [0, 0.05) is 29.7 Å². The van der Waals surface area contributed by atoms with Crippen molar-refractivity contribution in [1.82, 2.24) is 9.38 Å². The van der Waals surface area contributed by atoms with Crippen molar-refractivity contribution in [2.45, 2.75) is 39.8 Å². The highest BCUT2D eigenvalue weighted by Gasteiger charge is 2.39. The number of alkyl halides is 3. The molecule has 0 aliphatic rings. The normalized spacial score (nSPS) is 12.8. The Labute approximate surface area is 116 Å². The van der Waals surface area contributed by atoms with E-state index in [1.165, 1.54) is 19.4 Å². The van der Waals surface area contributed by atoms with E-state index < -0.39 is 12.1 Å². The maximum absolute atomic E-state index is 12.8. The molecule has 2 aromatic rings. The molecule has 20 heavy (non-hydrogen) atoms. The summed E-state index contributed by atoms with van der Waals surface area (Å²) in [5.74, 6) is -1.38. The molecule has 0 spiro atoms. The predicted octanol–water partition coefficient (Wildman–Crippen LogP) is 4.34. The second-order valence-electron chi connectivity index (χ2n) is 4.19. The van der Waals surface area contributed by atoms with E-state index in [4.69, 9.17) is 4.74 Å². The van der Waals surface area contributed by atoms with Crippen molar-refractivity contribution in [1.29, 1.82) is 0 Å². The lowest BCUT2D eigenvalue weighted by Crippen LogP contribution is -2.19. The number of methoxy groups -OCH3 is 1. The third kappa shape index (κ3) is 3.05. The fraction of sp³-hybridized carbons (Fsp3) is 0.500. The Hall–Kier alpha value is -1.72. The van der Waals surface area contributed by atoms with Crippen molar-refractivity contribution in [3.8, 4) is 5.75 Å². The summed E-state index contributed by atoms with van der Waals surface area (Å²) in [5.41, 5.74) is 1.46. The van der Waals surface area contributed by atoms with E-state index in [1.54, 1.807) is 17.5 Å². The van der Waals surface area contributed by atoms with Crippen molar-refractivity contribution < 1.29 is 17.9 Å². The molecule has 0 N–H and O–H groups in total. The van der Waals surface area contributed by atoms with Crippen LogP contribution < -0.4 is 4.74 Å². The van der Waals surface area contributed by atoms with Crippen LogP contribution in [0.1, 0.15) is 37.9 Å². The number of imidazole rings is 1. The van der Waals surface area contributed by atoms with Crippen molar-refractivity contribution >= 4 is 5.65 Å². The molecule has 0 fully saturated rings. The molecule has 1 unspecified atom stereocenters. The number of aryl methyl sites for hydroxylation is 1. The van der Waals surface area contributed by atoms with Crippen LogP contribution in [0, 0.1) is 6.92 Å². The Balaban J connectivity index is 0.000000956. The van der Waals surface area contributed by atoms with Gasteiger partial charge in [0.1, 0.15) is 11.4 Å². The molecule has 0 amide bonds. The summed E-state index contributed by atoms with van der Waals surface area (Å²) >= 11 is 0. The first-order chi connectivity index (χ1) is 9.34. The number of pyridine rings is 1. The van der Waals surface area contributed by atoms with E-state index in [-0.39, 0.29) is 11.3 Å². The van der Waals surface area contributed by atoms with Crippen LogP contribution in [0.2, 0.25) is 0 Å². The lowest BCUT2D eigenvalue weighted by molar-refractivity contribution is -0.146. The highest BCUT2D eigenvalue weighted by Crippen LogP contribution is 2.39. The molecule has 2 heterocycles. The molecule has 112 valence electrons. The van der Waals surface area contributed by atoms with Crippen molar-refractivity contribution in [3.05, 3.63) is 29.7 Å². The molecule has 1 atom stereocenters. The number of aromatic nitrogens is 2. The zero-order valence-electron chi connectivity index (χ0n) is 12.2. The van der Waals surface area contributed by atoms with Crippen LogP contribution in [0.25, 0.3) is 5.65 Å². The predicted molar refractivity (Wildman–Crippen MR) is 72.3 cm³/mol. The van der Waals surface area contributed by atoms with Crippen LogP contribution in [0.3, 0.4) is 0 Å². The molecular weight excluding hydrogens is 269 g/mol. The topological polar surface area (TPSA) is 26.5 Å². The third-order valence-corrected chi connectivity index (χ3v) is 3.00. The second kappa shape index (κ2) is 6.15. The van der Waals surface area contributed by atoms with Gasteiger partial charge in [-0.3, -0.25) is 0 Å². The average Bonchev–Trinajstić information content (AvgIpc) is 2.78. The minimum atomic E-state index is -4.30. The Morgan fingerprint density at radius 2 is 1.90 bits per heavy atom. The van der Waals surface area contributed by atoms with Crippen LogP contribution in [0.5, 0.6) is 5.75 Å². The van der Waals surface area contributed by atoms with Gasteiger partial charge in [0.05, 0.1) is 13.0 Å². The van der Waals surface area contributed by atoms with Gasteiger partial charge in [-0.1, -0.05) is 13.8 Å². The first-order valence-corrected chi connectivity index (χ1v) is 6.43. The van der Waals surface area contributed by atoms with E-state index in [2.05, 4.69) is 4.98 Å². The van der Waals surface area contributed by atoms with Gasteiger partial charge in [-0.15, -0.1) is 0 Å². The molecule has 0 saturated heterocycles. The van der Waals surface area contributed by atoms with E-state index in [0.717, 1.165) is 12.6 Å². The highest BCUT2D eigenvalue weighted by molar-refractivity contribution is 5.50. The second-order valence-corrected chi connectivity index (χ2v) is 4.19. The Morgan fingerprint density at radius 1 is 1.30 bits per heavy atom. The summed E-state index contributed by atoms with van der Waals surface area (Å²) in [6.07, 6.45) is -1.25. The van der Waals surface area contributed by atoms with Crippen molar-refractivity contribution in [2.75, 3.05) is 7.11 Å². The number of halogens is 3. The van der Waals surface area contributed by atoms with Gasteiger partial charge in [-0.25, -0.2) is 4.98 Å². The zero-order valence-corrected chi connectivity index (χ0v) is 12.2. The van der Waals surface area contributed by atoms with Gasteiger partial charge >= 0.3 is 6.18 Å². The number of hydrogen-bond donors (Lipinski definition) is 0. The monoisotopic (exact) mass is 288 g/mol. The summed E-state index contributed by atoms with van der Waals surface area (Å²) in [7, 11) is 1.36. The number of rotatable bonds is 2. The molecule has 0 radical (unpaired) electrons. The molecule has 0 aliphatic carbocycles. The molecule has 0 bridgehead atoms. The summed E-state index contributed by atoms with van der Waals surface area (Å²) < 4.78 is 45.0. The first kappa shape index (κ1) is 16.3. The van der Waals surface area contributed by atoms with Gasteiger partial charge in [-0.2, -0.15) is 13.2 Å². The zero-order chi connectivity index (χ0) is 15.5. The summed E-state index contributed by atoms with van der Waals surface area (Å²) in [6, 6.07) is 1.52. The van der Waals surface area contributed by atoms with E-state index >= 15 is 0 Å². The number of ether oxygens (including phenoxy) is 1. The Kier molecular flexibility index (Phi) is 5.03. The molecule has 2 rings (SSSR count). The lowest BCUT2D eigenvalue weighted by Gasteiger charge is -2.19. The van der Waals surface area contributed by atoms with Gasteiger partial charge < -0.3 is 9.14 Å². The van der Waals surface area contributed by atoms with Gasteiger partial charge in [0.2, 0.25) is 0 Å². The maximum atomic E-state index is 12.8. The van der Waals surface area contributed by atoms with Gasteiger partial charge in [0.15, 0.2) is 0 Å². The fourth-order valence-corrected chi connectivity index (χ4v) is 1.82. The minimum Gasteiger partial charge on any atom is -0.496 e. The first-order valence-electron chi connectivity index (χ1n) is 6.43. The Morgan fingerprint density at radius 3 is 2.40 bits per heavy atom. The van der Waals surface area contributed by atoms with Crippen molar-refractivity contribution in [3.63, 3.8) is 0 Å². The number of fused-ring (bicyclic) bond motifs is 1. The number of hydrogen-bond acceptors (Lipinski definition) is 2. The molecule has 2 aromatic heterocycles. The van der Waals surface area contributed by atoms with Crippen LogP contribution in [0.15, 0.2) is 18.5 Å². The van der Waals surface area contributed by atoms with Gasteiger partial charge in [0.25, 0.3) is 0 Å². The summed E-state index contributed by atoms with van der Waals surface area (Å²) in [5, 5.41) is 0. The molecule has 0 aliphatic heterocycles. The maximum Gasteiger partial charge on any atom is 0.395 e. The van der Waals surface area contributed by atoms with Crippen LogP contribution in [0.4, 0.5) is 13.2 Å². The Bertz CT molecular complexity index is 576. The summed E-state index contributed by atoms with van der Waals surface area (Å²) in [6.45, 7) is 6.91. The van der Waals surface area contributed by atoms with E-state index in [0.29, 0.717) is 5.65 Å². The van der Waals surface area contributed by atoms with Crippen LogP contribution in [-0.2, 0) is 0 Å². The minimum absolute atomic E-state index is 0.110. The largest absolute Gasteiger partial charge is 0.496 e. The van der Waals surface area contributed by atoms with Crippen LogP contribution in [-0.4, -0.2) is 22.7 Å². The summed E-state index contributed by atoms with van der Waals surface area (Å²) in [4.78, 5) is 4.09. The SMILES string of the molecule is CC.COc1cc2ncc(C)n2cc1C(C)C(F)(F)F. The van der Waals surface area contributed by atoms with E-state index in [1.807, 2.05) is 13.8 Å². The standard InChI is InChI=1S/C12H13F3N2O.C2H6/c1-7-5-16-11-4-10(18-3)9(6-17(7)11)8(2)12(13,14)15;1-2/h4-6,8H,1-3H3;1-2H3. The molecule has 0 saturated carbocycles. The average molecular weight is 288 g/mol. The fourth-order valence-electron chi connectivity index (χ4n) is 1.82. The molecule has 3 nitrogen and oxygen atoms in total. The third-order valence-electron chi connectivity index (χ3n) is 3.00. The smallest absolute Gasteiger partial charge is 0.395 e. The molecule has 6 heteroatoms.